The zero-order valence-corrected chi connectivity index (χ0v) is 12.7. The Kier molecular flexibility index (Phi) is 4.45. The van der Waals surface area contributed by atoms with Gasteiger partial charge in [-0.3, -0.25) is 5.10 Å². The molecule has 1 aromatic carbocycles. The number of rotatable bonds is 5. The van der Waals surface area contributed by atoms with Gasteiger partial charge in [-0.1, -0.05) is 0 Å². The summed E-state index contributed by atoms with van der Waals surface area (Å²) >= 11 is 0. The van der Waals surface area contributed by atoms with Crippen molar-refractivity contribution in [2.45, 2.75) is 39.8 Å². The maximum Gasteiger partial charge on any atom is 0.119 e. The molecule has 4 heteroatoms. The minimum atomic E-state index is 0.0906. The molecule has 2 aromatic rings. The minimum absolute atomic E-state index is 0.0906. The highest BCUT2D eigenvalue weighted by molar-refractivity contribution is 5.63. The van der Waals surface area contributed by atoms with Crippen LogP contribution in [0.15, 0.2) is 30.5 Å². The van der Waals surface area contributed by atoms with Gasteiger partial charge >= 0.3 is 0 Å². The molecule has 0 aliphatic rings. The minimum Gasteiger partial charge on any atom is -0.494 e. The van der Waals surface area contributed by atoms with E-state index in [4.69, 9.17) is 4.74 Å². The second-order valence-corrected chi connectivity index (χ2v) is 5.83. The van der Waals surface area contributed by atoms with E-state index in [-0.39, 0.29) is 5.54 Å². The summed E-state index contributed by atoms with van der Waals surface area (Å²) in [6, 6.07) is 8.08. The van der Waals surface area contributed by atoms with Gasteiger partial charge in [0, 0.05) is 23.2 Å². The van der Waals surface area contributed by atoms with Gasteiger partial charge in [-0.05, 0) is 52.0 Å². The highest BCUT2D eigenvalue weighted by Gasteiger charge is 2.12. The van der Waals surface area contributed by atoms with Crippen molar-refractivity contribution in [1.82, 2.24) is 15.5 Å². The van der Waals surface area contributed by atoms with Crippen LogP contribution in [0.1, 0.15) is 33.3 Å². The summed E-state index contributed by atoms with van der Waals surface area (Å²) in [7, 11) is 0. The Bertz CT molecular complexity index is 538. The standard InChI is InChI=1S/C16H23N3O/c1-5-20-14-8-6-12(7-9-14)15-13(11-18-19-15)10-17-16(2,3)4/h6-9,11,17H,5,10H2,1-4H3,(H,18,19). The SMILES string of the molecule is CCOc1ccc(-c2[nH]ncc2CNC(C)(C)C)cc1. The van der Waals surface area contributed by atoms with Gasteiger partial charge in [-0.15, -0.1) is 0 Å². The van der Waals surface area contributed by atoms with Gasteiger partial charge in [0.15, 0.2) is 0 Å². The molecule has 0 aliphatic carbocycles. The number of benzene rings is 1. The molecule has 1 heterocycles. The third-order valence-electron chi connectivity index (χ3n) is 2.98. The molecule has 0 aliphatic heterocycles. The first-order chi connectivity index (χ1) is 9.49. The number of nitrogens with one attached hydrogen (secondary N) is 2. The first-order valence-electron chi connectivity index (χ1n) is 7.00. The van der Waals surface area contributed by atoms with E-state index in [0.717, 1.165) is 23.6 Å². The van der Waals surface area contributed by atoms with Crippen molar-refractivity contribution in [2.24, 2.45) is 0 Å². The van der Waals surface area contributed by atoms with Crippen LogP contribution in [0.2, 0.25) is 0 Å². The summed E-state index contributed by atoms with van der Waals surface area (Å²) in [5.74, 6) is 0.894. The monoisotopic (exact) mass is 273 g/mol. The first-order valence-corrected chi connectivity index (χ1v) is 7.00. The normalized spacial score (nSPS) is 11.6. The number of hydrogen-bond acceptors (Lipinski definition) is 3. The number of nitrogens with zero attached hydrogens (tertiary/aromatic N) is 1. The van der Waals surface area contributed by atoms with Crippen LogP contribution in [0.25, 0.3) is 11.3 Å². The Morgan fingerprint density at radius 2 is 1.90 bits per heavy atom. The summed E-state index contributed by atoms with van der Waals surface area (Å²) in [6.07, 6.45) is 1.88. The molecule has 2 rings (SSSR count). The van der Waals surface area contributed by atoms with Gasteiger partial charge in [0.2, 0.25) is 0 Å². The van der Waals surface area contributed by atoms with E-state index in [1.54, 1.807) is 0 Å². The van der Waals surface area contributed by atoms with Crippen LogP contribution in [-0.4, -0.2) is 22.3 Å². The van der Waals surface area contributed by atoms with Crippen molar-refractivity contribution >= 4 is 0 Å². The highest BCUT2D eigenvalue weighted by Crippen LogP contribution is 2.24. The Labute approximate surface area is 120 Å². The Morgan fingerprint density at radius 3 is 2.50 bits per heavy atom. The van der Waals surface area contributed by atoms with Crippen LogP contribution in [0, 0.1) is 0 Å². The zero-order chi connectivity index (χ0) is 14.6. The molecule has 4 nitrogen and oxygen atoms in total. The fourth-order valence-electron chi connectivity index (χ4n) is 1.94. The van der Waals surface area contributed by atoms with Crippen LogP contribution in [0.3, 0.4) is 0 Å². The van der Waals surface area contributed by atoms with E-state index in [9.17, 15) is 0 Å². The second kappa shape index (κ2) is 6.09. The number of hydrogen-bond donors (Lipinski definition) is 2. The zero-order valence-electron chi connectivity index (χ0n) is 12.7. The fourth-order valence-corrected chi connectivity index (χ4v) is 1.94. The van der Waals surface area contributed by atoms with Gasteiger partial charge in [0.25, 0.3) is 0 Å². The van der Waals surface area contributed by atoms with Crippen molar-refractivity contribution in [1.29, 1.82) is 0 Å². The Balaban J connectivity index is 2.14. The second-order valence-electron chi connectivity index (χ2n) is 5.83. The summed E-state index contributed by atoms with van der Waals surface area (Å²) < 4.78 is 5.46. The predicted molar refractivity (Wildman–Crippen MR) is 81.8 cm³/mol. The number of H-pyrrole nitrogens is 1. The highest BCUT2D eigenvalue weighted by atomic mass is 16.5. The molecule has 0 unspecified atom stereocenters. The van der Waals surface area contributed by atoms with Gasteiger partial charge in [-0.25, -0.2) is 0 Å². The molecule has 1 aromatic heterocycles. The predicted octanol–water partition coefficient (Wildman–Crippen LogP) is 3.36. The average Bonchev–Trinajstić information content (AvgIpc) is 2.85. The van der Waals surface area contributed by atoms with Crippen LogP contribution in [-0.2, 0) is 6.54 Å². The molecule has 20 heavy (non-hydrogen) atoms. The number of aromatic nitrogens is 2. The summed E-state index contributed by atoms with van der Waals surface area (Å²) in [4.78, 5) is 0. The molecule has 0 spiro atoms. The third-order valence-corrected chi connectivity index (χ3v) is 2.98. The molecule has 108 valence electrons. The van der Waals surface area contributed by atoms with Gasteiger partial charge in [-0.2, -0.15) is 5.10 Å². The number of ether oxygens (including phenoxy) is 1. The van der Waals surface area contributed by atoms with Gasteiger partial charge < -0.3 is 10.1 Å². The average molecular weight is 273 g/mol. The molecule has 0 bridgehead atoms. The topological polar surface area (TPSA) is 49.9 Å². The van der Waals surface area contributed by atoms with Crippen LogP contribution < -0.4 is 10.1 Å². The van der Waals surface area contributed by atoms with Crippen molar-refractivity contribution in [3.63, 3.8) is 0 Å². The third kappa shape index (κ3) is 3.84. The van der Waals surface area contributed by atoms with E-state index in [1.807, 2.05) is 25.3 Å². The van der Waals surface area contributed by atoms with E-state index < -0.39 is 0 Å². The molecule has 0 saturated carbocycles. The quantitative estimate of drug-likeness (QED) is 0.878. The van der Waals surface area contributed by atoms with E-state index in [1.165, 1.54) is 5.56 Å². The molecule has 0 radical (unpaired) electrons. The summed E-state index contributed by atoms with van der Waals surface area (Å²) in [6.45, 7) is 9.93. The largest absolute Gasteiger partial charge is 0.494 e. The number of aromatic amines is 1. The van der Waals surface area contributed by atoms with Crippen molar-refractivity contribution < 1.29 is 4.74 Å². The molecule has 2 N–H and O–H groups in total. The lowest BCUT2D eigenvalue weighted by Crippen LogP contribution is -2.35. The lowest BCUT2D eigenvalue weighted by Gasteiger charge is -2.20. The Morgan fingerprint density at radius 1 is 1.20 bits per heavy atom. The summed E-state index contributed by atoms with van der Waals surface area (Å²) in [5.41, 5.74) is 3.44. The maximum absolute atomic E-state index is 5.46. The van der Waals surface area contributed by atoms with Crippen molar-refractivity contribution in [3.05, 3.63) is 36.0 Å². The molecule has 0 saturated heterocycles. The first kappa shape index (κ1) is 14.6. The molecule has 0 atom stereocenters. The fraction of sp³-hybridized carbons (Fsp3) is 0.438. The van der Waals surface area contributed by atoms with E-state index in [2.05, 4.69) is 48.4 Å². The van der Waals surface area contributed by atoms with Crippen molar-refractivity contribution in [3.8, 4) is 17.0 Å². The molecular weight excluding hydrogens is 250 g/mol. The maximum atomic E-state index is 5.46. The van der Waals surface area contributed by atoms with Gasteiger partial charge in [0.05, 0.1) is 18.5 Å². The Hall–Kier alpha value is -1.81. The lowest BCUT2D eigenvalue weighted by molar-refractivity contribution is 0.340. The van der Waals surface area contributed by atoms with Crippen LogP contribution in [0.4, 0.5) is 0 Å². The smallest absolute Gasteiger partial charge is 0.119 e. The summed E-state index contributed by atoms with van der Waals surface area (Å²) in [5, 5.41) is 10.7. The molecule has 0 fully saturated rings. The van der Waals surface area contributed by atoms with Crippen molar-refractivity contribution in [2.75, 3.05) is 6.61 Å². The molecular formula is C16H23N3O. The molecule has 0 amide bonds. The lowest BCUT2D eigenvalue weighted by atomic mass is 10.1. The van der Waals surface area contributed by atoms with E-state index in [0.29, 0.717) is 6.61 Å². The van der Waals surface area contributed by atoms with Crippen LogP contribution >= 0.6 is 0 Å². The van der Waals surface area contributed by atoms with E-state index >= 15 is 0 Å². The van der Waals surface area contributed by atoms with Crippen LogP contribution in [0.5, 0.6) is 5.75 Å². The van der Waals surface area contributed by atoms with Gasteiger partial charge in [0.1, 0.15) is 5.75 Å².